The van der Waals surface area contributed by atoms with Crippen molar-refractivity contribution in [2.45, 2.75) is 30.1 Å². The van der Waals surface area contributed by atoms with Crippen molar-refractivity contribution in [2.24, 2.45) is 0 Å². The van der Waals surface area contributed by atoms with Crippen LogP contribution in [0.3, 0.4) is 0 Å². The lowest BCUT2D eigenvalue weighted by Gasteiger charge is -2.36. The Hall–Kier alpha value is -2.97. The lowest BCUT2D eigenvalue weighted by atomic mass is 9.89. The Bertz CT molecular complexity index is 1170. The van der Waals surface area contributed by atoms with Crippen LogP contribution < -0.4 is 5.73 Å². The summed E-state index contributed by atoms with van der Waals surface area (Å²) in [5.41, 5.74) is 1.34. The number of nitrogens with one attached hydrogen (secondary N) is 1. The monoisotopic (exact) mass is 434 g/mol. The first-order valence-corrected chi connectivity index (χ1v) is 9.26. The molecule has 4 atom stereocenters. The number of rotatable bonds is 5. The zero-order valence-corrected chi connectivity index (χ0v) is 16.2. The molecular formula is C17H18N6O6S. The number of aliphatic hydroxyl groups excluding tert-OH is 2. The molecule has 1 fully saturated rings. The van der Waals surface area contributed by atoms with E-state index in [0.717, 1.165) is 0 Å². The molecule has 158 valence electrons. The second kappa shape index (κ2) is 7.07. The maximum atomic E-state index is 12.1. The number of aromatic amines is 1. The van der Waals surface area contributed by atoms with E-state index in [1.807, 2.05) is 0 Å². The summed E-state index contributed by atoms with van der Waals surface area (Å²) in [5, 5.41) is 43.6. The van der Waals surface area contributed by atoms with E-state index < -0.39 is 35.2 Å². The first-order chi connectivity index (χ1) is 14.2. The van der Waals surface area contributed by atoms with Crippen molar-refractivity contribution in [1.82, 2.24) is 19.5 Å². The van der Waals surface area contributed by atoms with Crippen LogP contribution in [0.2, 0.25) is 0 Å². The average molecular weight is 434 g/mol. The normalized spacial score (nSPS) is 28.8. The van der Waals surface area contributed by atoms with Gasteiger partial charge >= 0.3 is 5.72 Å². The number of ether oxygens (including phenoxy) is 1. The Morgan fingerprint density at radius 2 is 2.10 bits per heavy atom. The average Bonchev–Trinajstić information content (AvgIpc) is 3.23. The number of nitrogens with zero attached hydrogens (tertiary/aromatic N) is 4. The van der Waals surface area contributed by atoms with Crippen molar-refractivity contribution < 1.29 is 25.0 Å². The van der Waals surface area contributed by atoms with E-state index in [9.17, 15) is 25.4 Å². The van der Waals surface area contributed by atoms with E-state index in [4.69, 9.17) is 22.7 Å². The minimum atomic E-state index is -3.04. The highest BCUT2D eigenvalue weighted by Gasteiger charge is 2.76. The van der Waals surface area contributed by atoms with Crippen LogP contribution in [0.5, 0.6) is 0 Å². The second-order valence-corrected chi connectivity index (χ2v) is 7.34. The van der Waals surface area contributed by atoms with Gasteiger partial charge in [-0.15, -0.1) is 0 Å². The molecule has 1 aliphatic rings. The smallest absolute Gasteiger partial charge is 0.394 e. The predicted octanol–water partition coefficient (Wildman–Crippen LogP) is -0.316. The minimum Gasteiger partial charge on any atom is -0.394 e. The SMILES string of the molecule is Nc1nc(=S)c2ncn([C@]3(Cc4ccccc4)O[C@H](CO)[C@@H](O)[C@]3(O)[N+](=O)[O-])c2[nH]1. The summed E-state index contributed by atoms with van der Waals surface area (Å²) in [7, 11) is 0. The number of aromatic nitrogens is 4. The molecule has 0 saturated carbocycles. The number of nitro groups is 1. The molecule has 2 aromatic heterocycles. The van der Waals surface area contributed by atoms with Crippen LogP contribution in [0.1, 0.15) is 5.56 Å². The van der Waals surface area contributed by atoms with Gasteiger partial charge in [0, 0.05) is 6.42 Å². The number of nitrogen functional groups attached to an aromatic ring is 1. The number of nitrogens with two attached hydrogens (primary N) is 1. The quantitative estimate of drug-likeness (QED) is 0.154. The van der Waals surface area contributed by atoms with Gasteiger partial charge in [-0.05, 0) is 5.56 Å². The van der Waals surface area contributed by atoms with Crippen molar-refractivity contribution in [3.63, 3.8) is 0 Å². The molecule has 1 aliphatic heterocycles. The van der Waals surface area contributed by atoms with Gasteiger partial charge < -0.3 is 30.8 Å². The number of benzene rings is 1. The third-order valence-corrected chi connectivity index (χ3v) is 5.54. The Balaban J connectivity index is 2.05. The van der Waals surface area contributed by atoms with Crippen molar-refractivity contribution in [1.29, 1.82) is 0 Å². The first kappa shape index (κ1) is 20.3. The van der Waals surface area contributed by atoms with Crippen LogP contribution in [0.4, 0.5) is 5.95 Å². The Morgan fingerprint density at radius 3 is 2.73 bits per heavy atom. The van der Waals surface area contributed by atoms with Crippen LogP contribution in [-0.2, 0) is 16.9 Å². The summed E-state index contributed by atoms with van der Waals surface area (Å²) in [6.07, 6.45) is -2.54. The predicted molar refractivity (Wildman–Crippen MR) is 105 cm³/mol. The van der Waals surface area contributed by atoms with Gasteiger partial charge in [0.2, 0.25) is 0 Å². The van der Waals surface area contributed by atoms with Gasteiger partial charge in [-0.2, -0.15) is 0 Å². The summed E-state index contributed by atoms with van der Waals surface area (Å²) < 4.78 is 7.05. The lowest BCUT2D eigenvalue weighted by molar-refractivity contribution is -0.659. The van der Waals surface area contributed by atoms with Gasteiger partial charge in [0.1, 0.15) is 17.3 Å². The van der Waals surface area contributed by atoms with E-state index in [-0.39, 0.29) is 28.2 Å². The topological polar surface area (TPSA) is 186 Å². The Kier molecular flexibility index (Phi) is 4.79. The molecule has 1 aromatic carbocycles. The summed E-state index contributed by atoms with van der Waals surface area (Å²) >= 11 is 5.16. The highest BCUT2D eigenvalue weighted by atomic mass is 32.1. The van der Waals surface area contributed by atoms with Crippen LogP contribution >= 0.6 is 12.2 Å². The molecule has 13 heteroatoms. The molecule has 0 unspecified atom stereocenters. The lowest BCUT2D eigenvalue weighted by Crippen LogP contribution is -2.63. The molecule has 0 bridgehead atoms. The van der Waals surface area contributed by atoms with E-state index in [1.165, 1.54) is 10.9 Å². The largest absolute Gasteiger partial charge is 0.399 e. The van der Waals surface area contributed by atoms with E-state index in [2.05, 4.69) is 15.0 Å². The number of hydrogen-bond acceptors (Lipinski definition) is 10. The molecule has 3 heterocycles. The van der Waals surface area contributed by atoms with Crippen molar-refractivity contribution in [2.75, 3.05) is 12.3 Å². The highest BCUT2D eigenvalue weighted by Crippen LogP contribution is 2.47. The zero-order valence-electron chi connectivity index (χ0n) is 15.4. The van der Waals surface area contributed by atoms with Crippen molar-refractivity contribution in [3.05, 3.63) is 57.0 Å². The molecule has 30 heavy (non-hydrogen) atoms. The standard InChI is InChI=1S/C17H18N6O6S/c18-15-20-13-11(14(30)21-15)19-8-22(13)16(6-9-4-2-1-3-5-9)17(26,23(27)28)12(25)10(7-24)29-16/h1-5,8,10,12,24-26H,6-7H2,(H3,18,20,21,30)/t10-,12-,16-,17-/m1/s1. The fourth-order valence-electron chi connectivity index (χ4n) is 3.85. The highest BCUT2D eigenvalue weighted by molar-refractivity contribution is 7.71. The number of H-pyrrole nitrogens is 1. The van der Waals surface area contributed by atoms with Gasteiger partial charge in [-0.3, -0.25) is 14.7 Å². The number of aliphatic hydroxyl groups is 3. The van der Waals surface area contributed by atoms with Gasteiger partial charge in [-0.25, -0.2) is 9.97 Å². The van der Waals surface area contributed by atoms with Crippen LogP contribution in [0.15, 0.2) is 36.7 Å². The van der Waals surface area contributed by atoms with E-state index in [1.54, 1.807) is 30.3 Å². The number of hydrogen-bond donors (Lipinski definition) is 5. The Labute approximate surface area is 173 Å². The van der Waals surface area contributed by atoms with Gasteiger partial charge in [0.05, 0.1) is 17.9 Å². The molecule has 0 amide bonds. The minimum absolute atomic E-state index is 0.0387. The second-order valence-electron chi connectivity index (χ2n) is 6.95. The number of imidazole rings is 1. The van der Waals surface area contributed by atoms with Crippen molar-refractivity contribution >= 4 is 29.3 Å². The summed E-state index contributed by atoms with van der Waals surface area (Å²) in [5.74, 6) is -0.0778. The van der Waals surface area contributed by atoms with Crippen molar-refractivity contribution in [3.8, 4) is 0 Å². The molecule has 0 radical (unpaired) electrons. The zero-order chi connectivity index (χ0) is 21.7. The maximum Gasteiger partial charge on any atom is 0.399 e. The molecular weight excluding hydrogens is 416 g/mol. The number of anilines is 1. The fourth-order valence-corrected chi connectivity index (χ4v) is 4.10. The van der Waals surface area contributed by atoms with Crippen LogP contribution in [0.25, 0.3) is 11.2 Å². The van der Waals surface area contributed by atoms with E-state index >= 15 is 0 Å². The third kappa shape index (κ3) is 2.71. The van der Waals surface area contributed by atoms with Gasteiger partial charge in [0.15, 0.2) is 16.7 Å². The number of fused-ring (bicyclic) bond motifs is 1. The summed E-state index contributed by atoms with van der Waals surface area (Å²) in [6.45, 7) is -0.764. The summed E-state index contributed by atoms with van der Waals surface area (Å²) in [6, 6.07) is 8.55. The molecule has 3 aromatic rings. The molecule has 4 rings (SSSR count). The van der Waals surface area contributed by atoms with E-state index in [0.29, 0.717) is 5.56 Å². The van der Waals surface area contributed by atoms with Crippen LogP contribution in [-0.4, -0.2) is 64.3 Å². The van der Waals surface area contributed by atoms with Gasteiger partial charge in [-0.1, -0.05) is 42.5 Å². The summed E-state index contributed by atoms with van der Waals surface area (Å²) in [4.78, 5) is 21.8. The first-order valence-electron chi connectivity index (χ1n) is 8.85. The molecule has 6 N–H and O–H groups in total. The van der Waals surface area contributed by atoms with Crippen LogP contribution in [0, 0.1) is 14.8 Å². The van der Waals surface area contributed by atoms with Gasteiger partial charge in [0.25, 0.3) is 5.72 Å². The Morgan fingerprint density at radius 1 is 1.40 bits per heavy atom. The molecule has 1 saturated heterocycles. The molecule has 12 nitrogen and oxygen atoms in total. The third-order valence-electron chi connectivity index (χ3n) is 5.26. The molecule has 0 spiro atoms. The fraction of sp³-hybridized carbons (Fsp3) is 0.353. The maximum absolute atomic E-state index is 12.1. The molecule has 0 aliphatic carbocycles.